The quantitative estimate of drug-likeness (QED) is 0.745. The molecule has 0 radical (unpaired) electrons. The van der Waals surface area contributed by atoms with Gasteiger partial charge in [-0.3, -0.25) is 5.32 Å². The molecule has 0 saturated carbocycles. The van der Waals surface area contributed by atoms with E-state index in [9.17, 15) is 9.90 Å². The topological polar surface area (TPSA) is 78.8 Å². The predicted octanol–water partition coefficient (Wildman–Crippen LogP) is 2.71. The van der Waals surface area contributed by atoms with E-state index in [1.54, 1.807) is 0 Å². The number of halogens is 2. The van der Waals surface area contributed by atoms with Gasteiger partial charge in [0.1, 0.15) is 0 Å². The number of nitrogens with one attached hydrogen (secondary N) is 1. The number of benzene rings is 1. The number of carbonyl (C=O) groups is 1. The van der Waals surface area contributed by atoms with Gasteiger partial charge in [-0.25, -0.2) is 4.79 Å². The Balaban J connectivity index is 2.52. The van der Waals surface area contributed by atoms with E-state index in [2.05, 4.69) is 21.2 Å². The third-order valence-electron chi connectivity index (χ3n) is 2.24. The summed E-state index contributed by atoms with van der Waals surface area (Å²) in [6.45, 7) is 0.240. The van der Waals surface area contributed by atoms with Crippen molar-refractivity contribution in [1.29, 1.82) is 0 Å². The van der Waals surface area contributed by atoms with Crippen molar-refractivity contribution in [3.63, 3.8) is 0 Å². The molecule has 1 aromatic carbocycles. The molecule has 16 heavy (non-hydrogen) atoms. The largest absolute Gasteiger partial charge is 0.465 e. The molecular formula is C9H7BrClNO4. The van der Waals surface area contributed by atoms with Gasteiger partial charge in [0.2, 0.25) is 0 Å². The van der Waals surface area contributed by atoms with Crippen LogP contribution in [-0.4, -0.2) is 16.3 Å². The van der Waals surface area contributed by atoms with Crippen LogP contribution in [-0.2, 0) is 11.3 Å². The summed E-state index contributed by atoms with van der Waals surface area (Å²) in [5.41, 5.74) is 1.46. The Hall–Kier alpha value is -0.820. The van der Waals surface area contributed by atoms with Crippen LogP contribution in [0.5, 0.6) is 0 Å². The van der Waals surface area contributed by atoms with E-state index in [0.717, 1.165) is 5.56 Å². The fourth-order valence-corrected chi connectivity index (χ4v) is 2.28. The molecule has 7 heteroatoms. The van der Waals surface area contributed by atoms with Gasteiger partial charge in [0.25, 0.3) is 0 Å². The highest BCUT2D eigenvalue weighted by Crippen LogP contribution is 2.42. The van der Waals surface area contributed by atoms with Crippen molar-refractivity contribution in [2.45, 2.75) is 12.9 Å². The molecule has 5 nitrogen and oxygen atoms in total. The van der Waals surface area contributed by atoms with Crippen molar-refractivity contribution < 1.29 is 19.7 Å². The SMILES string of the molecule is O=C(O)Nc1cc2c(c(Br)c1Cl)COC2O. The summed E-state index contributed by atoms with van der Waals surface area (Å²) >= 11 is 9.20. The monoisotopic (exact) mass is 307 g/mol. The van der Waals surface area contributed by atoms with Gasteiger partial charge in [-0.2, -0.15) is 0 Å². The minimum absolute atomic E-state index is 0.212. The fraction of sp³-hybridized carbons (Fsp3) is 0.222. The molecule has 0 bridgehead atoms. The first-order chi connectivity index (χ1) is 7.50. The van der Waals surface area contributed by atoms with Gasteiger partial charge >= 0.3 is 6.09 Å². The number of aliphatic hydroxyl groups is 1. The summed E-state index contributed by atoms with van der Waals surface area (Å²) in [6, 6.07) is 1.47. The Morgan fingerprint density at radius 2 is 2.38 bits per heavy atom. The Bertz CT molecular complexity index is 465. The second-order valence-electron chi connectivity index (χ2n) is 3.21. The van der Waals surface area contributed by atoms with Crippen LogP contribution in [0.3, 0.4) is 0 Å². The maximum absolute atomic E-state index is 10.5. The Kier molecular flexibility index (Phi) is 3.07. The maximum Gasteiger partial charge on any atom is 0.409 e. The second-order valence-corrected chi connectivity index (χ2v) is 4.38. The number of hydrogen-bond donors (Lipinski definition) is 3. The van der Waals surface area contributed by atoms with Crippen LogP contribution in [0.25, 0.3) is 0 Å². The van der Waals surface area contributed by atoms with Gasteiger partial charge in [-0.1, -0.05) is 11.6 Å². The summed E-state index contributed by atoms with van der Waals surface area (Å²) in [4.78, 5) is 10.5. The van der Waals surface area contributed by atoms with Crippen LogP contribution in [0.4, 0.5) is 10.5 Å². The molecule has 1 aliphatic rings. The van der Waals surface area contributed by atoms with Gasteiger partial charge in [0.15, 0.2) is 6.29 Å². The summed E-state index contributed by atoms with van der Waals surface area (Å²) in [5.74, 6) is 0. The minimum atomic E-state index is -1.22. The van der Waals surface area contributed by atoms with E-state index >= 15 is 0 Å². The maximum atomic E-state index is 10.5. The summed E-state index contributed by atoms with van der Waals surface area (Å²) in [5, 5.41) is 20.5. The van der Waals surface area contributed by atoms with Crippen molar-refractivity contribution in [3.05, 3.63) is 26.7 Å². The lowest BCUT2D eigenvalue weighted by atomic mass is 10.1. The van der Waals surface area contributed by atoms with E-state index in [0.29, 0.717) is 10.0 Å². The van der Waals surface area contributed by atoms with Crippen molar-refractivity contribution >= 4 is 39.3 Å². The number of anilines is 1. The number of rotatable bonds is 1. The molecule has 0 saturated heterocycles. The molecule has 1 aromatic rings. The van der Waals surface area contributed by atoms with Crippen molar-refractivity contribution in [3.8, 4) is 0 Å². The van der Waals surface area contributed by atoms with Crippen LogP contribution in [0.2, 0.25) is 5.02 Å². The van der Waals surface area contributed by atoms with Gasteiger partial charge in [-0.15, -0.1) is 0 Å². The molecular weight excluding hydrogens is 301 g/mol. The first-order valence-corrected chi connectivity index (χ1v) is 5.48. The van der Waals surface area contributed by atoms with E-state index < -0.39 is 12.4 Å². The highest BCUT2D eigenvalue weighted by molar-refractivity contribution is 9.10. The number of amides is 1. The number of ether oxygens (including phenoxy) is 1. The average Bonchev–Trinajstić information content (AvgIpc) is 2.56. The van der Waals surface area contributed by atoms with Crippen molar-refractivity contribution in [2.24, 2.45) is 0 Å². The zero-order chi connectivity index (χ0) is 11.9. The molecule has 86 valence electrons. The highest BCUT2D eigenvalue weighted by atomic mass is 79.9. The molecule has 0 aromatic heterocycles. The summed E-state index contributed by atoms with van der Waals surface area (Å²) in [7, 11) is 0. The molecule has 1 unspecified atom stereocenters. The van der Waals surface area contributed by atoms with Crippen LogP contribution < -0.4 is 5.32 Å². The summed E-state index contributed by atoms with van der Waals surface area (Å²) < 4.78 is 5.54. The summed E-state index contributed by atoms with van der Waals surface area (Å²) in [6.07, 6.45) is -2.26. The zero-order valence-electron chi connectivity index (χ0n) is 7.83. The fourth-order valence-electron chi connectivity index (χ4n) is 1.51. The molecule has 0 fully saturated rings. The number of aliphatic hydroxyl groups excluding tert-OH is 1. The second kappa shape index (κ2) is 4.21. The van der Waals surface area contributed by atoms with Gasteiger partial charge < -0.3 is 14.9 Å². The van der Waals surface area contributed by atoms with Crippen LogP contribution in [0, 0.1) is 0 Å². The van der Waals surface area contributed by atoms with Crippen molar-refractivity contribution in [1.82, 2.24) is 0 Å². The average molecular weight is 309 g/mol. The lowest BCUT2D eigenvalue weighted by Crippen LogP contribution is -2.09. The molecule has 0 aliphatic carbocycles. The van der Waals surface area contributed by atoms with Crippen LogP contribution >= 0.6 is 27.5 Å². The minimum Gasteiger partial charge on any atom is -0.465 e. The molecule has 0 spiro atoms. The Morgan fingerprint density at radius 1 is 1.69 bits per heavy atom. The molecule has 2 rings (SSSR count). The van der Waals surface area contributed by atoms with Gasteiger partial charge in [-0.05, 0) is 22.0 Å². The van der Waals surface area contributed by atoms with Gasteiger partial charge in [0, 0.05) is 15.6 Å². The van der Waals surface area contributed by atoms with E-state index in [4.69, 9.17) is 21.4 Å². The van der Waals surface area contributed by atoms with Crippen molar-refractivity contribution in [2.75, 3.05) is 5.32 Å². The Morgan fingerprint density at radius 3 is 3.00 bits per heavy atom. The normalized spacial score (nSPS) is 18.3. The predicted molar refractivity (Wildman–Crippen MR) is 60.5 cm³/mol. The third kappa shape index (κ3) is 1.89. The van der Waals surface area contributed by atoms with Gasteiger partial charge in [0.05, 0.1) is 17.3 Å². The van der Waals surface area contributed by atoms with E-state index in [1.165, 1.54) is 6.07 Å². The highest BCUT2D eigenvalue weighted by Gasteiger charge is 2.26. The standard InChI is InChI=1S/C9H7BrClNO4/c10-6-4-2-16-8(13)3(4)1-5(7(6)11)12-9(14)15/h1,8,12-13H,2H2,(H,14,15). The lowest BCUT2D eigenvalue weighted by Gasteiger charge is -2.10. The molecule has 3 N–H and O–H groups in total. The first-order valence-electron chi connectivity index (χ1n) is 4.31. The molecule has 1 heterocycles. The molecule has 1 aliphatic heterocycles. The first kappa shape index (κ1) is 11.7. The van der Waals surface area contributed by atoms with E-state index in [1.807, 2.05) is 0 Å². The van der Waals surface area contributed by atoms with Crippen LogP contribution in [0.15, 0.2) is 10.5 Å². The Labute approximate surface area is 104 Å². The molecule has 1 atom stereocenters. The smallest absolute Gasteiger partial charge is 0.409 e. The number of carboxylic acid groups (broad SMARTS) is 1. The molecule has 1 amide bonds. The zero-order valence-corrected chi connectivity index (χ0v) is 10.2. The van der Waals surface area contributed by atoms with Crippen LogP contribution in [0.1, 0.15) is 17.4 Å². The lowest BCUT2D eigenvalue weighted by molar-refractivity contribution is -0.0918. The van der Waals surface area contributed by atoms with E-state index in [-0.39, 0.29) is 17.3 Å². The number of fused-ring (bicyclic) bond motifs is 1. The third-order valence-corrected chi connectivity index (χ3v) is 3.73. The number of hydrogen-bond acceptors (Lipinski definition) is 3.